The number of halogens is 6. The molecule has 4 rings (SSSR count). The number of aromatic nitrogens is 3. The van der Waals surface area contributed by atoms with E-state index in [4.69, 9.17) is 27.9 Å². The van der Waals surface area contributed by atoms with E-state index in [1.54, 1.807) is 0 Å². The van der Waals surface area contributed by atoms with Crippen LogP contribution in [-0.2, 0) is 16.0 Å². The van der Waals surface area contributed by atoms with Gasteiger partial charge in [0, 0.05) is 35.1 Å². The van der Waals surface area contributed by atoms with E-state index in [9.17, 15) is 17.6 Å². The van der Waals surface area contributed by atoms with Gasteiger partial charge in [0.2, 0.25) is 0 Å². The summed E-state index contributed by atoms with van der Waals surface area (Å²) < 4.78 is 61.8. The maximum Gasteiger partial charge on any atom is 0.416 e. The molecule has 2 fully saturated rings. The third-order valence-corrected chi connectivity index (χ3v) is 8.61. The Bertz CT molecular complexity index is 1030. The van der Waals surface area contributed by atoms with Gasteiger partial charge in [-0.05, 0) is 44.4 Å². The zero-order chi connectivity index (χ0) is 31.2. The van der Waals surface area contributed by atoms with E-state index in [2.05, 4.69) is 33.6 Å². The fourth-order valence-corrected chi connectivity index (χ4v) is 6.49. The minimum absolute atomic E-state index is 0.0701. The molecular weight excluding hydrogens is 607 g/mol. The normalized spacial score (nSPS) is 22.7. The number of nitrogens with zero attached hydrogens (tertiary/aromatic N) is 4. The second kappa shape index (κ2) is 18.5. The Morgan fingerprint density at radius 1 is 0.953 bits per heavy atom. The van der Waals surface area contributed by atoms with Gasteiger partial charge in [-0.15, -0.1) is 0 Å². The average Bonchev–Trinajstić information content (AvgIpc) is 3.45. The first-order valence-corrected chi connectivity index (χ1v) is 16.3. The van der Waals surface area contributed by atoms with Gasteiger partial charge in [-0.25, -0.2) is 13.8 Å². The molecule has 1 aromatic carbocycles. The highest BCUT2D eigenvalue weighted by atomic mass is 35.5. The number of alkyl halides is 4. The van der Waals surface area contributed by atoms with Gasteiger partial charge in [0.1, 0.15) is 12.7 Å². The number of benzene rings is 1. The van der Waals surface area contributed by atoms with Gasteiger partial charge in [0.15, 0.2) is 0 Å². The summed E-state index contributed by atoms with van der Waals surface area (Å²) in [6, 6.07) is 5.29. The summed E-state index contributed by atoms with van der Waals surface area (Å²) in [7, 11) is 0. The summed E-state index contributed by atoms with van der Waals surface area (Å²) in [6.45, 7) is 6.15. The van der Waals surface area contributed by atoms with E-state index in [1.807, 2.05) is 0 Å². The van der Waals surface area contributed by atoms with Crippen molar-refractivity contribution in [2.24, 2.45) is 0 Å². The van der Waals surface area contributed by atoms with E-state index in [0.717, 1.165) is 19.1 Å². The van der Waals surface area contributed by atoms with Gasteiger partial charge in [-0.2, -0.15) is 13.9 Å². The Labute approximate surface area is 263 Å². The van der Waals surface area contributed by atoms with Crippen molar-refractivity contribution in [3.05, 3.63) is 46.5 Å². The van der Waals surface area contributed by atoms with Crippen LogP contribution < -0.4 is 0 Å². The van der Waals surface area contributed by atoms with Gasteiger partial charge in [0.25, 0.3) is 0 Å². The lowest BCUT2D eigenvalue weighted by Gasteiger charge is -2.40. The van der Waals surface area contributed by atoms with E-state index in [-0.39, 0.29) is 11.6 Å². The number of ether oxygens (including phenoxy) is 2. The molecule has 0 bridgehead atoms. The van der Waals surface area contributed by atoms with Crippen LogP contribution >= 0.6 is 23.2 Å². The fourth-order valence-electron chi connectivity index (χ4n) is 5.92. The molecule has 0 spiro atoms. The highest BCUT2D eigenvalue weighted by molar-refractivity contribution is 6.35. The summed E-state index contributed by atoms with van der Waals surface area (Å²) in [5, 5.41) is 4.43. The predicted octanol–water partition coefficient (Wildman–Crippen LogP) is 9.01. The second-order valence-electron chi connectivity index (χ2n) is 11.8. The lowest BCUT2D eigenvalue weighted by molar-refractivity contribution is -0.302. The molecule has 2 aliphatic rings. The molecule has 1 aromatic heterocycles. The first-order chi connectivity index (χ1) is 20.5. The molecule has 3 unspecified atom stereocenters. The van der Waals surface area contributed by atoms with Crippen molar-refractivity contribution in [1.82, 2.24) is 19.7 Å². The first-order valence-electron chi connectivity index (χ1n) is 15.5. The Hall–Kier alpha value is -1.46. The maximum atomic E-state index is 13.0. The summed E-state index contributed by atoms with van der Waals surface area (Å²) >= 11 is 11.8. The van der Waals surface area contributed by atoms with E-state index in [1.165, 1.54) is 106 Å². The summed E-state index contributed by atoms with van der Waals surface area (Å²) in [6.07, 6.45) is 10.9. The number of morpholine rings is 1. The highest BCUT2D eigenvalue weighted by Crippen LogP contribution is 2.32. The zero-order valence-corrected chi connectivity index (χ0v) is 26.8. The van der Waals surface area contributed by atoms with Crippen LogP contribution in [0.5, 0.6) is 0 Å². The Morgan fingerprint density at radius 3 is 2.05 bits per heavy atom. The van der Waals surface area contributed by atoms with Crippen molar-refractivity contribution in [1.29, 1.82) is 0 Å². The molecule has 1 saturated heterocycles. The molecule has 12 heteroatoms. The van der Waals surface area contributed by atoms with Gasteiger partial charge >= 0.3 is 12.5 Å². The largest absolute Gasteiger partial charge is 0.416 e. The third kappa shape index (κ3) is 12.8. The van der Waals surface area contributed by atoms with Crippen LogP contribution in [0, 0.1) is 0 Å². The smallest absolute Gasteiger partial charge is 0.373 e. The number of hydrogen-bond donors (Lipinski definition) is 0. The molecule has 0 amide bonds. The first kappa shape index (κ1) is 36.0. The zero-order valence-electron chi connectivity index (χ0n) is 25.3. The standard InChI is InChI=1S/C18H35NO.C13H11Cl2F4N3O/c1-16-14-19(15-17(2)20-16)18-12-10-8-6-4-3-5-7-9-11-13-18;14-9-1-2-10(11(15)3-9)8(4-22-7-20-6-21-22)5-23-13(18,19)12(16)17/h16-18H,3-15H2,1-2H3;1-3,6-8,12H,4-5H2. The predicted molar refractivity (Wildman–Crippen MR) is 162 cm³/mol. The van der Waals surface area contributed by atoms with Crippen LogP contribution in [-0.4, -0.2) is 70.1 Å². The van der Waals surface area contributed by atoms with Gasteiger partial charge in [0.05, 0.1) is 25.4 Å². The van der Waals surface area contributed by atoms with Crippen molar-refractivity contribution < 1.29 is 27.0 Å². The molecule has 3 atom stereocenters. The summed E-state index contributed by atoms with van der Waals surface area (Å²) in [5.74, 6) is -0.744. The SMILES string of the molecule is CC1CN(C2CCCCCCCCCCC2)CC(C)O1.FC(F)C(F)(F)OCC(Cn1cncn1)c1ccc(Cl)cc1Cl. The molecule has 1 saturated carbocycles. The van der Waals surface area contributed by atoms with Crippen LogP contribution in [0.2, 0.25) is 10.0 Å². The second-order valence-corrected chi connectivity index (χ2v) is 12.6. The molecule has 0 radical (unpaired) electrons. The van der Waals surface area contributed by atoms with E-state index < -0.39 is 25.1 Å². The van der Waals surface area contributed by atoms with Crippen molar-refractivity contribution in [2.75, 3.05) is 19.7 Å². The van der Waals surface area contributed by atoms with Gasteiger partial charge in [-0.3, -0.25) is 9.58 Å². The van der Waals surface area contributed by atoms with Crippen LogP contribution in [0.4, 0.5) is 17.6 Å². The monoisotopic (exact) mass is 652 g/mol. The molecule has 43 heavy (non-hydrogen) atoms. The summed E-state index contributed by atoms with van der Waals surface area (Å²) in [4.78, 5) is 6.47. The number of hydrogen-bond acceptors (Lipinski definition) is 5. The van der Waals surface area contributed by atoms with Crippen molar-refractivity contribution in [3.8, 4) is 0 Å². The van der Waals surface area contributed by atoms with E-state index in [0.29, 0.717) is 22.8 Å². The van der Waals surface area contributed by atoms with Crippen LogP contribution in [0.1, 0.15) is 96.0 Å². The van der Waals surface area contributed by atoms with Crippen molar-refractivity contribution in [2.45, 2.75) is 128 Å². The van der Waals surface area contributed by atoms with Gasteiger partial charge < -0.3 is 9.47 Å². The highest BCUT2D eigenvalue weighted by Gasteiger charge is 2.43. The van der Waals surface area contributed by atoms with Crippen LogP contribution in [0.3, 0.4) is 0 Å². The Kier molecular flexibility index (Phi) is 15.5. The lowest BCUT2D eigenvalue weighted by Crippen LogP contribution is -2.50. The average molecular weight is 654 g/mol. The third-order valence-electron chi connectivity index (χ3n) is 8.05. The topological polar surface area (TPSA) is 52.4 Å². The molecule has 2 heterocycles. The van der Waals surface area contributed by atoms with Crippen LogP contribution in [0.25, 0.3) is 0 Å². The molecule has 0 N–H and O–H groups in total. The van der Waals surface area contributed by atoms with Crippen molar-refractivity contribution >= 4 is 23.2 Å². The maximum absolute atomic E-state index is 13.0. The molecular formula is C31H46Cl2F4N4O2. The molecule has 6 nitrogen and oxygen atoms in total. The lowest BCUT2D eigenvalue weighted by atomic mass is 9.96. The molecule has 1 aliphatic heterocycles. The van der Waals surface area contributed by atoms with Crippen molar-refractivity contribution in [3.63, 3.8) is 0 Å². The Morgan fingerprint density at radius 2 is 1.53 bits per heavy atom. The van der Waals surface area contributed by atoms with Gasteiger partial charge in [-0.1, -0.05) is 87.1 Å². The molecule has 244 valence electrons. The molecule has 2 aromatic rings. The minimum Gasteiger partial charge on any atom is -0.373 e. The fraction of sp³-hybridized carbons (Fsp3) is 0.742. The minimum atomic E-state index is -4.54. The quantitative estimate of drug-likeness (QED) is 0.266. The molecule has 1 aliphatic carbocycles. The van der Waals surface area contributed by atoms with Crippen LogP contribution in [0.15, 0.2) is 30.9 Å². The van der Waals surface area contributed by atoms with E-state index >= 15 is 0 Å². The summed E-state index contributed by atoms with van der Waals surface area (Å²) in [5.41, 5.74) is 0.427. The Balaban J connectivity index is 0.000000238. The number of rotatable bonds is 8.